The van der Waals surface area contributed by atoms with Crippen LogP contribution in [0.4, 0.5) is 0 Å². The second-order valence-electron chi connectivity index (χ2n) is 2.02. The lowest BCUT2D eigenvalue weighted by molar-refractivity contribution is -0.275. The third kappa shape index (κ3) is 7.29. The molecule has 0 aliphatic carbocycles. The zero-order valence-corrected chi connectivity index (χ0v) is 6.96. The Hall–Kier alpha value is -0.610. The summed E-state index contributed by atoms with van der Waals surface area (Å²) in [6, 6.07) is 0. The van der Waals surface area contributed by atoms with Crippen LogP contribution >= 0.6 is 0 Å². The van der Waals surface area contributed by atoms with E-state index in [1.54, 1.807) is 7.11 Å². The molecule has 0 aromatic carbocycles. The Kier molecular flexibility index (Phi) is 7.08. The average molecular weight is 162 g/mol. The van der Waals surface area contributed by atoms with E-state index in [0.717, 1.165) is 6.42 Å². The molecule has 0 saturated carbocycles. The molecule has 0 bridgehead atoms. The number of rotatable bonds is 6. The van der Waals surface area contributed by atoms with Gasteiger partial charge in [0.05, 0.1) is 6.61 Å². The van der Waals surface area contributed by atoms with Gasteiger partial charge in [-0.15, -0.1) is 0 Å². The number of hydrogen-bond acceptors (Lipinski definition) is 4. The molecule has 0 fully saturated rings. The van der Waals surface area contributed by atoms with Crippen LogP contribution in [0.1, 0.15) is 19.8 Å². The lowest BCUT2D eigenvalue weighted by atomic mass is 10.3. The van der Waals surface area contributed by atoms with E-state index in [4.69, 9.17) is 0 Å². The minimum atomic E-state index is -0.330. The summed E-state index contributed by atoms with van der Waals surface area (Å²) >= 11 is 0. The van der Waals surface area contributed by atoms with Crippen molar-refractivity contribution in [3.8, 4) is 0 Å². The van der Waals surface area contributed by atoms with Gasteiger partial charge in [0.1, 0.15) is 6.61 Å². The summed E-state index contributed by atoms with van der Waals surface area (Å²) in [7, 11) is 1.55. The number of hydrogen-bond donors (Lipinski definition) is 0. The average Bonchev–Trinajstić information content (AvgIpc) is 1.99. The molecule has 0 radical (unpaired) electrons. The smallest absolute Gasteiger partial charge is 0.342 e. The fraction of sp³-hybridized carbons (Fsp3) is 0.857. The van der Waals surface area contributed by atoms with Gasteiger partial charge in [-0.2, -0.15) is 4.89 Å². The topological polar surface area (TPSA) is 44.8 Å². The Bertz CT molecular complexity index is 103. The molecule has 0 aromatic heterocycles. The second-order valence-corrected chi connectivity index (χ2v) is 2.02. The van der Waals surface area contributed by atoms with Gasteiger partial charge in [0, 0.05) is 13.5 Å². The van der Waals surface area contributed by atoms with Crippen LogP contribution in [-0.4, -0.2) is 26.3 Å². The third-order valence-electron chi connectivity index (χ3n) is 0.977. The van der Waals surface area contributed by atoms with Crippen molar-refractivity contribution in [2.24, 2.45) is 0 Å². The first-order valence-corrected chi connectivity index (χ1v) is 3.62. The minimum absolute atomic E-state index is 0.284. The molecule has 4 heteroatoms. The highest BCUT2D eigenvalue weighted by Gasteiger charge is 2.00. The lowest BCUT2D eigenvalue weighted by Gasteiger charge is -2.00. The molecular formula is C7H14O4. The Morgan fingerprint density at radius 2 is 2.09 bits per heavy atom. The maximum atomic E-state index is 10.6. The molecule has 4 nitrogen and oxygen atoms in total. The van der Waals surface area contributed by atoms with Crippen LogP contribution in [0.2, 0.25) is 0 Å². The molecule has 0 heterocycles. The largest absolute Gasteiger partial charge is 0.382 e. The van der Waals surface area contributed by atoms with Crippen LogP contribution in [0.5, 0.6) is 0 Å². The molecule has 0 N–H and O–H groups in total. The molecule has 66 valence electrons. The van der Waals surface area contributed by atoms with E-state index in [1.165, 1.54) is 0 Å². The molecule has 0 spiro atoms. The molecule has 0 amide bonds. The van der Waals surface area contributed by atoms with Crippen LogP contribution in [-0.2, 0) is 19.3 Å². The fourth-order valence-corrected chi connectivity index (χ4v) is 0.471. The van der Waals surface area contributed by atoms with Crippen LogP contribution in [0.3, 0.4) is 0 Å². The van der Waals surface area contributed by atoms with E-state index < -0.39 is 0 Å². The predicted octanol–water partition coefficient (Wildman–Crippen LogP) is 0.908. The number of carbonyl (C=O) groups excluding carboxylic acids is 1. The maximum absolute atomic E-state index is 10.6. The Morgan fingerprint density at radius 1 is 1.36 bits per heavy atom. The monoisotopic (exact) mass is 162 g/mol. The normalized spacial score (nSPS) is 9.64. The van der Waals surface area contributed by atoms with E-state index in [0.29, 0.717) is 13.0 Å². The first-order chi connectivity index (χ1) is 5.31. The van der Waals surface area contributed by atoms with Gasteiger partial charge in [0.2, 0.25) is 0 Å². The summed E-state index contributed by atoms with van der Waals surface area (Å²) in [6.45, 7) is 2.61. The van der Waals surface area contributed by atoms with Gasteiger partial charge in [-0.25, -0.2) is 4.79 Å². The summed E-state index contributed by atoms with van der Waals surface area (Å²) < 4.78 is 4.67. The van der Waals surface area contributed by atoms with Crippen LogP contribution in [0.15, 0.2) is 0 Å². The first kappa shape index (κ1) is 10.4. The number of carbonyl (C=O) groups is 1. The molecule has 11 heavy (non-hydrogen) atoms. The highest BCUT2D eigenvalue weighted by Crippen LogP contribution is 1.91. The minimum Gasteiger partial charge on any atom is -0.382 e. The summed E-state index contributed by atoms with van der Waals surface area (Å²) in [6.07, 6.45) is 1.17. The van der Waals surface area contributed by atoms with Crippen LogP contribution in [0.25, 0.3) is 0 Å². The van der Waals surface area contributed by atoms with E-state index in [9.17, 15) is 4.79 Å². The van der Waals surface area contributed by atoms with Gasteiger partial charge in [-0.3, -0.25) is 4.89 Å². The van der Waals surface area contributed by atoms with E-state index in [-0.39, 0.29) is 12.6 Å². The molecule has 0 unspecified atom stereocenters. The molecule has 0 aliphatic heterocycles. The number of methoxy groups -OCH3 is 1. The van der Waals surface area contributed by atoms with Crippen molar-refractivity contribution < 1.29 is 19.3 Å². The molecule has 0 aliphatic rings. The highest BCUT2D eigenvalue weighted by molar-refractivity contribution is 5.68. The zero-order chi connectivity index (χ0) is 8.53. The fourth-order valence-electron chi connectivity index (χ4n) is 0.471. The molecule has 0 atom stereocenters. The van der Waals surface area contributed by atoms with Crippen molar-refractivity contribution in [1.82, 2.24) is 0 Å². The summed E-state index contributed by atoms with van der Waals surface area (Å²) in [5.41, 5.74) is 0. The van der Waals surface area contributed by atoms with Crippen molar-refractivity contribution in [1.29, 1.82) is 0 Å². The SMILES string of the molecule is CCCC(=O)OOCCOC. The van der Waals surface area contributed by atoms with Crippen molar-refractivity contribution >= 4 is 5.97 Å². The van der Waals surface area contributed by atoms with Gasteiger partial charge >= 0.3 is 5.97 Å². The van der Waals surface area contributed by atoms with Gasteiger partial charge in [-0.1, -0.05) is 6.92 Å². The molecule has 0 saturated heterocycles. The van der Waals surface area contributed by atoms with Gasteiger partial charge in [-0.05, 0) is 6.42 Å². The molecular weight excluding hydrogens is 148 g/mol. The summed E-state index contributed by atoms with van der Waals surface area (Å²) in [4.78, 5) is 19.5. The Labute approximate surface area is 66.4 Å². The van der Waals surface area contributed by atoms with E-state index in [1.807, 2.05) is 6.92 Å². The number of ether oxygens (including phenoxy) is 1. The van der Waals surface area contributed by atoms with Gasteiger partial charge in [0.25, 0.3) is 0 Å². The third-order valence-corrected chi connectivity index (χ3v) is 0.977. The quantitative estimate of drug-likeness (QED) is 0.331. The predicted molar refractivity (Wildman–Crippen MR) is 38.8 cm³/mol. The first-order valence-electron chi connectivity index (χ1n) is 3.62. The molecule has 0 aromatic rings. The zero-order valence-electron chi connectivity index (χ0n) is 6.96. The van der Waals surface area contributed by atoms with Crippen molar-refractivity contribution in [3.63, 3.8) is 0 Å². The Morgan fingerprint density at radius 3 is 2.64 bits per heavy atom. The lowest BCUT2D eigenvalue weighted by Crippen LogP contribution is -2.08. The van der Waals surface area contributed by atoms with Crippen molar-refractivity contribution in [3.05, 3.63) is 0 Å². The van der Waals surface area contributed by atoms with Crippen molar-refractivity contribution in [2.45, 2.75) is 19.8 Å². The van der Waals surface area contributed by atoms with Crippen molar-refractivity contribution in [2.75, 3.05) is 20.3 Å². The second kappa shape index (κ2) is 7.50. The van der Waals surface area contributed by atoms with E-state index in [2.05, 4.69) is 14.5 Å². The molecule has 0 rings (SSSR count). The maximum Gasteiger partial charge on any atom is 0.342 e. The highest BCUT2D eigenvalue weighted by atomic mass is 17.2. The van der Waals surface area contributed by atoms with Gasteiger partial charge in [0.15, 0.2) is 0 Å². The van der Waals surface area contributed by atoms with E-state index >= 15 is 0 Å². The summed E-state index contributed by atoms with van der Waals surface area (Å²) in [5.74, 6) is -0.330. The standard InChI is InChI=1S/C7H14O4/c1-3-4-7(8)11-10-6-5-9-2/h3-6H2,1-2H3. The Balaban J connectivity index is 3.04. The van der Waals surface area contributed by atoms with Crippen LogP contribution in [0, 0.1) is 0 Å². The van der Waals surface area contributed by atoms with Crippen LogP contribution < -0.4 is 0 Å². The summed E-state index contributed by atoms with van der Waals surface area (Å²) in [5, 5.41) is 0. The van der Waals surface area contributed by atoms with Gasteiger partial charge < -0.3 is 4.74 Å².